The van der Waals surface area contributed by atoms with Crippen LogP contribution in [0, 0.1) is 5.95 Å². The molecular formula is C20H17FN6. The monoisotopic (exact) mass is 360 g/mol. The second-order valence-corrected chi connectivity index (χ2v) is 6.02. The van der Waals surface area contributed by atoms with Gasteiger partial charge in [-0.15, -0.1) is 0 Å². The highest BCUT2D eigenvalue weighted by molar-refractivity contribution is 5.58. The Balaban J connectivity index is 1.67. The van der Waals surface area contributed by atoms with Gasteiger partial charge in [0.05, 0.1) is 17.9 Å². The van der Waals surface area contributed by atoms with Crippen LogP contribution in [0.15, 0.2) is 61.2 Å². The molecule has 0 aliphatic rings. The van der Waals surface area contributed by atoms with Crippen LogP contribution in [0.4, 0.5) is 4.39 Å². The fourth-order valence-corrected chi connectivity index (χ4v) is 2.91. The number of nitrogens with zero attached hydrogens (tertiary/aromatic N) is 6. The van der Waals surface area contributed by atoms with Crippen LogP contribution in [0.1, 0.15) is 18.2 Å². The fraction of sp³-hybridized carbons (Fsp3) is 0.150. The highest BCUT2D eigenvalue weighted by Crippen LogP contribution is 2.21. The number of hydrogen-bond acceptors (Lipinski definition) is 5. The summed E-state index contributed by atoms with van der Waals surface area (Å²) in [6.07, 6.45) is 7.82. The van der Waals surface area contributed by atoms with Crippen molar-refractivity contribution in [2.75, 3.05) is 0 Å². The minimum absolute atomic E-state index is 0.483. The number of halogens is 1. The topological polar surface area (TPSA) is 69.4 Å². The van der Waals surface area contributed by atoms with E-state index in [1.54, 1.807) is 30.7 Å². The van der Waals surface area contributed by atoms with E-state index in [0.29, 0.717) is 18.1 Å². The summed E-state index contributed by atoms with van der Waals surface area (Å²) in [5.41, 5.74) is 4.15. The number of imidazole rings is 1. The van der Waals surface area contributed by atoms with Crippen molar-refractivity contribution in [2.45, 2.75) is 19.9 Å². The summed E-state index contributed by atoms with van der Waals surface area (Å²) < 4.78 is 15.4. The number of aromatic nitrogens is 6. The predicted molar refractivity (Wildman–Crippen MR) is 99.2 cm³/mol. The van der Waals surface area contributed by atoms with Crippen LogP contribution in [0.3, 0.4) is 0 Å². The molecule has 27 heavy (non-hydrogen) atoms. The second kappa shape index (κ2) is 7.41. The molecule has 0 aromatic carbocycles. The van der Waals surface area contributed by atoms with Crippen molar-refractivity contribution >= 4 is 0 Å². The molecule has 0 radical (unpaired) electrons. The molecule has 0 unspecified atom stereocenters. The summed E-state index contributed by atoms with van der Waals surface area (Å²) in [7, 11) is 0. The highest BCUT2D eigenvalue weighted by atomic mass is 19.1. The summed E-state index contributed by atoms with van der Waals surface area (Å²) >= 11 is 0. The molecule has 4 aromatic heterocycles. The summed E-state index contributed by atoms with van der Waals surface area (Å²) in [4.78, 5) is 12.4. The quantitative estimate of drug-likeness (QED) is 0.509. The largest absolute Gasteiger partial charge is 0.324 e. The zero-order valence-electron chi connectivity index (χ0n) is 14.7. The van der Waals surface area contributed by atoms with Crippen molar-refractivity contribution in [3.63, 3.8) is 0 Å². The molecule has 0 aliphatic heterocycles. The maximum Gasteiger partial charge on any atom is 0.213 e. The van der Waals surface area contributed by atoms with E-state index >= 15 is 0 Å². The summed E-state index contributed by atoms with van der Waals surface area (Å²) in [5, 5.41) is 8.79. The van der Waals surface area contributed by atoms with Crippen molar-refractivity contribution in [3.05, 3.63) is 78.4 Å². The van der Waals surface area contributed by atoms with Crippen LogP contribution in [0.5, 0.6) is 0 Å². The maximum absolute atomic E-state index is 13.5. The zero-order valence-corrected chi connectivity index (χ0v) is 14.7. The first kappa shape index (κ1) is 17.0. The van der Waals surface area contributed by atoms with Crippen LogP contribution < -0.4 is 0 Å². The van der Waals surface area contributed by atoms with Crippen LogP contribution in [0.25, 0.3) is 22.8 Å². The summed E-state index contributed by atoms with van der Waals surface area (Å²) in [5.74, 6) is 0.0617. The number of hydrogen-bond donors (Lipinski definition) is 0. The SMILES string of the molecule is CCc1cc(-c2cccnc2)nnc1Cn1ccnc1-c1cccc(F)n1. The summed E-state index contributed by atoms with van der Waals surface area (Å²) in [6.45, 7) is 2.56. The van der Waals surface area contributed by atoms with E-state index in [0.717, 1.165) is 28.9 Å². The van der Waals surface area contributed by atoms with Crippen molar-refractivity contribution in [2.24, 2.45) is 0 Å². The lowest BCUT2D eigenvalue weighted by molar-refractivity contribution is 0.584. The van der Waals surface area contributed by atoms with Crippen molar-refractivity contribution in [1.29, 1.82) is 0 Å². The van der Waals surface area contributed by atoms with E-state index in [1.807, 2.05) is 29.0 Å². The lowest BCUT2D eigenvalue weighted by Crippen LogP contribution is -2.08. The Morgan fingerprint density at radius 2 is 1.96 bits per heavy atom. The maximum atomic E-state index is 13.5. The van der Waals surface area contributed by atoms with Gasteiger partial charge in [0.1, 0.15) is 5.69 Å². The molecule has 0 N–H and O–H groups in total. The standard InChI is InChI=1S/C20H17FN6/c1-2-14-11-17(15-5-4-8-22-12-15)25-26-18(14)13-27-10-9-23-20(27)16-6-3-7-19(21)24-16/h3-12H,2,13H2,1H3. The third-order valence-electron chi connectivity index (χ3n) is 4.28. The zero-order chi connectivity index (χ0) is 18.6. The third kappa shape index (κ3) is 3.57. The Hall–Kier alpha value is -3.48. The van der Waals surface area contributed by atoms with Gasteiger partial charge in [0.2, 0.25) is 5.95 Å². The minimum Gasteiger partial charge on any atom is -0.324 e. The second-order valence-electron chi connectivity index (χ2n) is 6.02. The average molecular weight is 360 g/mol. The van der Waals surface area contributed by atoms with E-state index in [9.17, 15) is 4.39 Å². The molecule has 0 spiro atoms. The van der Waals surface area contributed by atoms with Gasteiger partial charge in [-0.1, -0.05) is 13.0 Å². The Kier molecular flexibility index (Phi) is 4.65. The van der Waals surface area contributed by atoms with E-state index in [-0.39, 0.29) is 0 Å². The van der Waals surface area contributed by atoms with Gasteiger partial charge in [-0.05, 0) is 42.3 Å². The molecule has 0 fully saturated rings. The summed E-state index contributed by atoms with van der Waals surface area (Å²) in [6, 6.07) is 10.5. The molecule has 134 valence electrons. The van der Waals surface area contributed by atoms with Gasteiger partial charge in [-0.25, -0.2) is 9.97 Å². The molecule has 6 nitrogen and oxygen atoms in total. The molecule has 0 atom stereocenters. The highest BCUT2D eigenvalue weighted by Gasteiger charge is 2.13. The van der Waals surface area contributed by atoms with Gasteiger partial charge in [-0.3, -0.25) is 4.98 Å². The number of rotatable bonds is 5. The van der Waals surface area contributed by atoms with Crippen LogP contribution in [0.2, 0.25) is 0 Å². The Bertz CT molecular complexity index is 1060. The molecular weight excluding hydrogens is 343 g/mol. The van der Waals surface area contributed by atoms with Crippen LogP contribution in [-0.2, 0) is 13.0 Å². The normalized spacial score (nSPS) is 10.9. The average Bonchev–Trinajstić information content (AvgIpc) is 3.17. The molecule has 4 rings (SSSR count). The molecule has 4 heterocycles. The van der Waals surface area contributed by atoms with Crippen molar-refractivity contribution in [1.82, 2.24) is 29.7 Å². The van der Waals surface area contributed by atoms with Crippen LogP contribution >= 0.6 is 0 Å². The van der Waals surface area contributed by atoms with Crippen molar-refractivity contribution < 1.29 is 4.39 Å². The molecule has 0 aliphatic carbocycles. The molecule has 4 aromatic rings. The fourth-order valence-electron chi connectivity index (χ4n) is 2.91. The van der Waals surface area contributed by atoms with Gasteiger partial charge in [0.15, 0.2) is 5.82 Å². The predicted octanol–water partition coefficient (Wildman–Crippen LogP) is 3.55. The van der Waals surface area contributed by atoms with Gasteiger partial charge in [0, 0.05) is 30.4 Å². The Morgan fingerprint density at radius 3 is 2.74 bits per heavy atom. The first-order valence-corrected chi connectivity index (χ1v) is 8.64. The Labute approximate surface area is 155 Å². The van der Waals surface area contributed by atoms with E-state index in [1.165, 1.54) is 6.07 Å². The van der Waals surface area contributed by atoms with Gasteiger partial charge < -0.3 is 4.57 Å². The molecule has 7 heteroatoms. The molecule has 0 saturated heterocycles. The van der Waals surface area contributed by atoms with Crippen molar-refractivity contribution in [3.8, 4) is 22.8 Å². The first-order chi connectivity index (χ1) is 13.2. The van der Waals surface area contributed by atoms with E-state index in [4.69, 9.17) is 0 Å². The molecule has 0 amide bonds. The van der Waals surface area contributed by atoms with Gasteiger partial charge in [-0.2, -0.15) is 14.6 Å². The van der Waals surface area contributed by atoms with Gasteiger partial charge in [0.25, 0.3) is 0 Å². The van der Waals surface area contributed by atoms with Crippen LogP contribution in [-0.4, -0.2) is 29.7 Å². The minimum atomic E-state index is -0.531. The smallest absolute Gasteiger partial charge is 0.213 e. The third-order valence-corrected chi connectivity index (χ3v) is 4.28. The van der Waals surface area contributed by atoms with Gasteiger partial charge >= 0.3 is 0 Å². The molecule has 0 saturated carbocycles. The first-order valence-electron chi connectivity index (χ1n) is 8.64. The number of aryl methyl sites for hydroxylation is 1. The van der Waals surface area contributed by atoms with E-state index < -0.39 is 5.95 Å². The molecule has 0 bridgehead atoms. The van der Waals surface area contributed by atoms with E-state index in [2.05, 4.69) is 32.1 Å². The lowest BCUT2D eigenvalue weighted by Gasteiger charge is -2.11. The lowest BCUT2D eigenvalue weighted by atomic mass is 10.1. The number of pyridine rings is 2. The Morgan fingerprint density at radius 1 is 1.04 bits per heavy atom.